The second kappa shape index (κ2) is 7.97. The lowest BCUT2D eigenvalue weighted by Crippen LogP contribution is -2.41. The van der Waals surface area contributed by atoms with Gasteiger partial charge in [0.2, 0.25) is 0 Å². The summed E-state index contributed by atoms with van der Waals surface area (Å²) in [6, 6.07) is 4.53. The number of para-hydroxylation sites is 1. The smallest absolute Gasteiger partial charge is 0.387 e. The Balaban J connectivity index is 1.71. The molecule has 0 radical (unpaired) electrons. The van der Waals surface area contributed by atoms with Gasteiger partial charge in [0.1, 0.15) is 0 Å². The van der Waals surface area contributed by atoms with Crippen molar-refractivity contribution in [1.29, 1.82) is 0 Å². The van der Waals surface area contributed by atoms with Crippen LogP contribution in [-0.2, 0) is 9.47 Å². The molecule has 2 aliphatic heterocycles. The number of amides is 1. The van der Waals surface area contributed by atoms with Crippen molar-refractivity contribution < 1.29 is 32.5 Å². The lowest BCUT2D eigenvalue weighted by atomic mass is 9.95. The van der Waals surface area contributed by atoms with Crippen molar-refractivity contribution in [3.05, 3.63) is 23.8 Å². The Bertz CT molecular complexity index is 599. The van der Waals surface area contributed by atoms with Crippen molar-refractivity contribution in [2.24, 2.45) is 5.92 Å². The lowest BCUT2D eigenvalue weighted by molar-refractivity contribution is -0.0956. The molecule has 6 nitrogen and oxygen atoms in total. The van der Waals surface area contributed by atoms with Crippen LogP contribution in [0.5, 0.6) is 11.5 Å². The second-order valence-electron chi connectivity index (χ2n) is 5.96. The summed E-state index contributed by atoms with van der Waals surface area (Å²) in [6.07, 6.45) is 1.28. The highest BCUT2D eigenvalue weighted by Gasteiger charge is 2.33. The van der Waals surface area contributed by atoms with Gasteiger partial charge in [0.15, 0.2) is 17.8 Å². The number of methoxy groups -OCH3 is 1. The zero-order valence-electron chi connectivity index (χ0n) is 14.0. The van der Waals surface area contributed by atoms with E-state index in [0.29, 0.717) is 26.3 Å². The Labute approximate surface area is 144 Å². The first-order valence-corrected chi connectivity index (χ1v) is 8.24. The van der Waals surface area contributed by atoms with Crippen LogP contribution in [0.1, 0.15) is 23.2 Å². The molecule has 138 valence electrons. The number of halogens is 2. The highest BCUT2D eigenvalue weighted by atomic mass is 19.3. The van der Waals surface area contributed by atoms with Crippen molar-refractivity contribution in [3.8, 4) is 11.5 Å². The summed E-state index contributed by atoms with van der Waals surface area (Å²) >= 11 is 0. The zero-order chi connectivity index (χ0) is 17.8. The van der Waals surface area contributed by atoms with Crippen LogP contribution in [0.4, 0.5) is 8.78 Å². The van der Waals surface area contributed by atoms with Gasteiger partial charge in [0, 0.05) is 19.0 Å². The molecule has 2 saturated heterocycles. The molecule has 2 aliphatic rings. The van der Waals surface area contributed by atoms with E-state index in [1.54, 1.807) is 11.0 Å². The largest absolute Gasteiger partial charge is 0.493 e. The Kier molecular flexibility index (Phi) is 5.70. The fourth-order valence-electron chi connectivity index (χ4n) is 3.25. The molecule has 0 saturated carbocycles. The molecule has 1 amide bonds. The van der Waals surface area contributed by atoms with E-state index in [-0.39, 0.29) is 35.2 Å². The van der Waals surface area contributed by atoms with Gasteiger partial charge >= 0.3 is 6.61 Å². The van der Waals surface area contributed by atoms with Gasteiger partial charge in [-0.3, -0.25) is 4.79 Å². The molecular weight excluding hydrogens is 336 g/mol. The predicted molar refractivity (Wildman–Crippen MR) is 83.9 cm³/mol. The number of likely N-dealkylation sites (tertiary alicyclic amines) is 1. The quantitative estimate of drug-likeness (QED) is 0.811. The molecule has 0 aliphatic carbocycles. The minimum atomic E-state index is -3.04. The molecule has 0 bridgehead atoms. The van der Waals surface area contributed by atoms with E-state index in [4.69, 9.17) is 14.2 Å². The molecule has 25 heavy (non-hydrogen) atoms. The molecule has 0 spiro atoms. The van der Waals surface area contributed by atoms with Crippen molar-refractivity contribution in [2.75, 3.05) is 33.4 Å². The van der Waals surface area contributed by atoms with Gasteiger partial charge in [-0.15, -0.1) is 0 Å². The van der Waals surface area contributed by atoms with Gasteiger partial charge in [-0.05, 0) is 25.0 Å². The number of nitrogens with zero attached hydrogens (tertiary/aromatic N) is 1. The standard InChI is InChI=1S/C17H21F2NO5/c1-22-13-4-2-3-12(14(13)25-17(18)19)15(21)20-7-5-11(6-8-20)16-23-9-10-24-16/h2-4,11,16-17H,5-10H2,1H3. The molecule has 0 aromatic heterocycles. The summed E-state index contributed by atoms with van der Waals surface area (Å²) < 4.78 is 46.1. The van der Waals surface area contributed by atoms with E-state index in [9.17, 15) is 13.6 Å². The van der Waals surface area contributed by atoms with Crippen molar-refractivity contribution in [2.45, 2.75) is 25.7 Å². The number of ether oxygens (including phenoxy) is 4. The Morgan fingerprint density at radius 2 is 1.92 bits per heavy atom. The van der Waals surface area contributed by atoms with Gasteiger partial charge in [-0.2, -0.15) is 8.78 Å². The summed E-state index contributed by atoms with van der Waals surface area (Å²) in [5, 5.41) is 0. The van der Waals surface area contributed by atoms with E-state index >= 15 is 0 Å². The summed E-state index contributed by atoms with van der Waals surface area (Å²) in [7, 11) is 1.34. The number of benzene rings is 1. The minimum absolute atomic E-state index is 0.0754. The topological polar surface area (TPSA) is 57.2 Å². The highest BCUT2D eigenvalue weighted by Crippen LogP contribution is 2.34. The third kappa shape index (κ3) is 4.01. The molecule has 2 heterocycles. The van der Waals surface area contributed by atoms with Gasteiger partial charge < -0.3 is 23.8 Å². The Morgan fingerprint density at radius 1 is 1.24 bits per heavy atom. The summed E-state index contributed by atoms with van der Waals surface area (Å²) in [5.74, 6) is -0.224. The van der Waals surface area contributed by atoms with Crippen LogP contribution < -0.4 is 9.47 Å². The first kappa shape index (κ1) is 17.9. The van der Waals surface area contributed by atoms with Crippen LogP contribution in [0.2, 0.25) is 0 Å². The molecule has 8 heteroatoms. The minimum Gasteiger partial charge on any atom is -0.493 e. The van der Waals surface area contributed by atoms with E-state index in [1.807, 2.05) is 0 Å². The van der Waals surface area contributed by atoms with E-state index < -0.39 is 6.61 Å². The van der Waals surface area contributed by atoms with Crippen LogP contribution >= 0.6 is 0 Å². The van der Waals surface area contributed by atoms with Gasteiger partial charge in [0.05, 0.1) is 25.9 Å². The molecule has 0 unspecified atom stereocenters. The Morgan fingerprint density at radius 3 is 2.52 bits per heavy atom. The predicted octanol–water partition coefficient (Wildman–Crippen LogP) is 2.52. The van der Waals surface area contributed by atoms with E-state index in [0.717, 1.165) is 12.8 Å². The van der Waals surface area contributed by atoms with Crippen LogP contribution in [0.25, 0.3) is 0 Å². The van der Waals surface area contributed by atoms with Crippen molar-refractivity contribution in [3.63, 3.8) is 0 Å². The number of alkyl halides is 2. The number of carbonyl (C=O) groups excluding carboxylic acids is 1. The van der Waals surface area contributed by atoms with Crippen LogP contribution in [0.15, 0.2) is 18.2 Å². The molecule has 1 aromatic carbocycles. The fourth-order valence-corrected chi connectivity index (χ4v) is 3.25. The van der Waals surface area contributed by atoms with E-state index in [1.165, 1.54) is 19.2 Å². The average Bonchev–Trinajstić information content (AvgIpc) is 3.15. The average molecular weight is 357 g/mol. The maximum Gasteiger partial charge on any atom is 0.387 e. The summed E-state index contributed by atoms with van der Waals surface area (Å²) in [5.41, 5.74) is 0.0754. The molecule has 0 N–H and O–H groups in total. The number of piperidine rings is 1. The first-order valence-electron chi connectivity index (χ1n) is 8.24. The number of carbonyl (C=O) groups is 1. The normalized spacial score (nSPS) is 19.4. The molecular formula is C17H21F2NO5. The summed E-state index contributed by atoms with van der Waals surface area (Å²) in [6.45, 7) is -0.815. The van der Waals surface area contributed by atoms with Crippen molar-refractivity contribution in [1.82, 2.24) is 4.90 Å². The molecule has 1 aromatic rings. The van der Waals surface area contributed by atoms with Crippen LogP contribution in [-0.4, -0.2) is 57.1 Å². The molecule has 2 fully saturated rings. The van der Waals surface area contributed by atoms with Crippen LogP contribution in [0, 0.1) is 5.92 Å². The molecule has 0 atom stereocenters. The lowest BCUT2D eigenvalue weighted by Gasteiger charge is -2.34. The SMILES string of the molecule is COc1cccc(C(=O)N2CCC(C3OCCO3)CC2)c1OC(F)F. The van der Waals surface area contributed by atoms with Crippen molar-refractivity contribution >= 4 is 5.91 Å². The highest BCUT2D eigenvalue weighted by molar-refractivity contribution is 5.97. The monoisotopic (exact) mass is 357 g/mol. The van der Waals surface area contributed by atoms with Gasteiger partial charge in [0.25, 0.3) is 5.91 Å². The van der Waals surface area contributed by atoms with Gasteiger partial charge in [-0.25, -0.2) is 0 Å². The van der Waals surface area contributed by atoms with Crippen LogP contribution in [0.3, 0.4) is 0 Å². The zero-order valence-corrected chi connectivity index (χ0v) is 14.0. The maximum absolute atomic E-state index is 12.8. The number of rotatable bonds is 5. The number of hydrogen-bond donors (Lipinski definition) is 0. The molecule has 3 rings (SSSR count). The third-order valence-corrected chi connectivity index (χ3v) is 4.50. The summed E-state index contributed by atoms with van der Waals surface area (Å²) in [4.78, 5) is 14.4. The second-order valence-corrected chi connectivity index (χ2v) is 5.96. The fraction of sp³-hybridized carbons (Fsp3) is 0.588. The van der Waals surface area contributed by atoms with E-state index in [2.05, 4.69) is 4.74 Å². The third-order valence-electron chi connectivity index (χ3n) is 4.50. The van der Waals surface area contributed by atoms with Gasteiger partial charge in [-0.1, -0.05) is 6.07 Å². The number of hydrogen-bond acceptors (Lipinski definition) is 5. The maximum atomic E-state index is 12.8. The Hall–Kier alpha value is -1.93. The first-order chi connectivity index (χ1) is 12.1.